The average Bonchev–Trinajstić information content (AvgIpc) is 2.87. The summed E-state index contributed by atoms with van der Waals surface area (Å²) in [5, 5.41) is 8.10. The third-order valence-electron chi connectivity index (χ3n) is 3.90. The number of hydrogen-bond acceptors (Lipinski definition) is 2. The smallest absolute Gasteiger partial charge is 0.0627 e. The van der Waals surface area contributed by atoms with Gasteiger partial charge in [-0.15, -0.1) is 0 Å². The van der Waals surface area contributed by atoms with Crippen LogP contribution >= 0.6 is 0 Å². The van der Waals surface area contributed by atoms with Crippen LogP contribution in [-0.4, -0.2) is 22.9 Å². The highest BCUT2D eigenvalue weighted by Crippen LogP contribution is 2.16. The molecule has 3 heteroatoms. The Morgan fingerprint density at radius 1 is 1.19 bits per heavy atom. The van der Waals surface area contributed by atoms with E-state index in [1.807, 2.05) is 17.9 Å². The van der Waals surface area contributed by atoms with Gasteiger partial charge in [0.15, 0.2) is 0 Å². The van der Waals surface area contributed by atoms with Gasteiger partial charge in [0.05, 0.1) is 5.69 Å². The molecule has 0 aliphatic heterocycles. The van der Waals surface area contributed by atoms with Gasteiger partial charge in [-0.05, 0) is 62.4 Å². The Bertz CT molecular complexity index is 545. The van der Waals surface area contributed by atoms with E-state index in [0.29, 0.717) is 5.92 Å². The Morgan fingerprint density at radius 2 is 2.00 bits per heavy atom. The minimum absolute atomic E-state index is 0.590. The van der Waals surface area contributed by atoms with Crippen molar-refractivity contribution < 1.29 is 0 Å². The molecule has 114 valence electrons. The number of benzene rings is 1. The Hall–Kier alpha value is -1.61. The molecule has 1 aromatic carbocycles. The fourth-order valence-corrected chi connectivity index (χ4v) is 2.72. The zero-order valence-corrected chi connectivity index (χ0v) is 13.5. The summed E-state index contributed by atoms with van der Waals surface area (Å²) in [6, 6.07) is 10.8. The van der Waals surface area contributed by atoms with Crippen LogP contribution in [0.4, 0.5) is 0 Å². The molecule has 3 nitrogen and oxygen atoms in total. The summed E-state index contributed by atoms with van der Waals surface area (Å²) in [7, 11) is 1.98. The molecule has 2 rings (SSSR count). The van der Waals surface area contributed by atoms with E-state index >= 15 is 0 Å². The minimum atomic E-state index is 0.590. The molecule has 1 heterocycles. The maximum Gasteiger partial charge on any atom is 0.0627 e. The van der Waals surface area contributed by atoms with E-state index in [4.69, 9.17) is 0 Å². The molecule has 1 N–H and O–H groups in total. The van der Waals surface area contributed by atoms with Crippen LogP contribution in [0.3, 0.4) is 0 Å². The second-order valence-corrected chi connectivity index (χ2v) is 5.89. The van der Waals surface area contributed by atoms with Crippen molar-refractivity contribution in [2.45, 2.75) is 33.1 Å². The molecule has 1 atom stereocenters. The van der Waals surface area contributed by atoms with Crippen molar-refractivity contribution in [3.8, 4) is 0 Å². The normalized spacial score (nSPS) is 12.5. The third kappa shape index (κ3) is 5.01. The van der Waals surface area contributed by atoms with Gasteiger partial charge in [0.1, 0.15) is 0 Å². The van der Waals surface area contributed by atoms with Crippen LogP contribution in [0.5, 0.6) is 0 Å². The molecule has 1 aromatic heterocycles. The first-order chi connectivity index (χ1) is 10.2. The maximum atomic E-state index is 4.53. The highest BCUT2D eigenvalue weighted by molar-refractivity contribution is 5.26. The van der Waals surface area contributed by atoms with Gasteiger partial charge >= 0.3 is 0 Å². The first-order valence-corrected chi connectivity index (χ1v) is 7.92. The van der Waals surface area contributed by atoms with Gasteiger partial charge in [-0.2, -0.15) is 5.10 Å². The summed E-state index contributed by atoms with van der Waals surface area (Å²) in [6.07, 6.45) is 5.35. The molecule has 1 unspecified atom stereocenters. The fraction of sp³-hybridized carbons (Fsp3) is 0.500. The average molecular weight is 285 g/mol. The van der Waals surface area contributed by atoms with Crippen LogP contribution in [0, 0.1) is 12.8 Å². The van der Waals surface area contributed by atoms with Gasteiger partial charge in [0.2, 0.25) is 0 Å². The SMILES string of the molecule is CCCNCC(Cc1ccn(C)n1)Cc1ccccc1C. The van der Waals surface area contributed by atoms with Gasteiger partial charge in [0, 0.05) is 13.2 Å². The maximum absolute atomic E-state index is 4.53. The summed E-state index contributed by atoms with van der Waals surface area (Å²) < 4.78 is 1.89. The summed E-state index contributed by atoms with van der Waals surface area (Å²) in [5.41, 5.74) is 4.03. The van der Waals surface area contributed by atoms with Crippen LogP contribution in [0.25, 0.3) is 0 Å². The molecule has 21 heavy (non-hydrogen) atoms. The molecule has 0 amide bonds. The molecule has 0 spiro atoms. The molecule has 0 fully saturated rings. The van der Waals surface area contributed by atoms with Crippen LogP contribution in [-0.2, 0) is 19.9 Å². The summed E-state index contributed by atoms with van der Waals surface area (Å²) in [5.74, 6) is 0.590. The highest BCUT2D eigenvalue weighted by Gasteiger charge is 2.13. The summed E-state index contributed by atoms with van der Waals surface area (Å²) >= 11 is 0. The van der Waals surface area contributed by atoms with Gasteiger partial charge in [-0.25, -0.2) is 0 Å². The lowest BCUT2D eigenvalue weighted by molar-refractivity contribution is 0.464. The monoisotopic (exact) mass is 285 g/mol. The Kier molecular flexibility index (Phi) is 6.00. The van der Waals surface area contributed by atoms with Crippen molar-refractivity contribution in [3.63, 3.8) is 0 Å². The second kappa shape index (κ2) is 7.99. The van der Waals surface area contributed by atoms with Crippen LogP contribution < -0.4 is 5.32 Å². The van der Waals surface area contributed by atoms with E-state index < -0.39 is 0 Å². The van der Waals surface area contributed by atoms with Crippen LogP contribution in [0.15, 0.2) is 36.5 Å². The molecular weight excluding hydrogens is 258 g/mol. The zero-order valence-electron chi connectivity index (χ0n) is 13.5. The fourth-order valence-electron chi connectivity index (χ4n) is 2.72. The first-order valence-electron chi connectivity index (χ1n) is 7.92. The van der Waals surface area contributed by atoms with Gasteiger partial charge in [-0.1, -0.05) is 31.2 Å². The summed E-state index contributed by atoms with van der Waals surface area (Å²) in [4.78, 5) is 0. The van der Waals surface area contributed by atoms with Crippen molar-refractivity contribution in [2.75, 3.05) is 13.1 Å². The van der Waals surface area contributed by atoms with Gasteiger partial charge in [-0.3, -0.25) is 4.68 Å². The van der Waals surface area contributed by atoms with E-state index in [2.05, 4.69) is 54.6 Å². The lowest BCUT2D eigenvalue weighted by atomic mass is 9.92. The van der Waals surface area contributed by atoms with E-state index in [1.165, 1.54) is 23.2 Å². The van der Waals surface area contributed by atoms with E-state index in [0.717, 1.165) is 25.9 Å². The van der Waals surface area contributed by atoms with E-state index in [9.17, 15) is 0 Å². The lowest BCUT2D eigenvalue weighted by Gasteiger charge is -2.18. The predicted octanol–water partition coefficient (Wildman–Crippen LogP) is 3.13. The molecule has 0 saturated heterocycles. The minimum Gasteiger partial charge on any atom is -0.316 e. The van der Waals surface area contributed by atoms with Crippen LogP contribution in [0.2, 0.25) is 0 Å². The number of nitrogens with zero attached hydrogens (tertiary/aromatic N) is 2. The quantitative estimate of drug-likeness (QED) is 0.755. The number of rotatable bonds is 8. The second-order valence-electron chi connectivity index (χ2n) is 5.89. The Morgan fingerprint density at radius 3 is 2.67 bits per heavy atom. The number of hydrogen-bond donors (Lipinski definition) is 1. The number of aromatic nitrogens is 2. The van der Waals surface area contributed by atoms with Gasteiger partial charge in [0.25, 0.3) is 0 Å². The molecule has 0 aliphatic rings. The van der Waals surface area contributed by atoms with Crippen LogP contribution in [0.1, 0.15) is 30.2 Å². The highest BCUT2D eigenvalue weighted by atomic mass is 15.2. The first kappa shape index (κ1) is 15.8. The molecule has 0 aliphatic carbocycles. The number of nitrogens with one attached hydrogen (secondary N) is 1. The molecule has 0 saturated carbocycles. The molecule has 0 bridgehead atoms. The third-order valence-corrected chi connectivity index (χ3v) is 3.90. The van der Waals surface area contributed by atoms with Crippen molar-refractivity contribution in [1.82, 2.24) is 15.1 Å². The molecular formula is C18H27N3. The topological polar surface area (TPSA) is 29.9 Å². The standard InChI is InChI=1S/C18H27N3/c1-4-10-19-14-16(13-18-9-11-21(3)20-18)12-17-8-6-5-7-15(17)2/h5-9,11,16,19H,4,10,12-14H2,1-3H3. The summed E-state index contributed by atoms with van der Waals surface area (Å²) in [6.45, 7) is 6.56. The van der Waals surface area contributed by atoms with Gasteiger partial charge < -0.3 is 5.32 Å². The molecule has 0 radical (unpaired) electrons. The predicted molar refractivity (Wildman–Crippen MR) is 88.4 cm³/mol. The Balaban J connectivity index is 2.02. The van der Waals surface area contributed by atoms with Crippen molar-refractivity contribution in [3.05, 3.63) is 53.3 Å². The van der Waals surface area contributed by atoms with E-state index in [-0.39, 0.29) is 0 Å². The number of aryl methyl sites for hydroxylation is 2. The zero-order chi connectivity index (χ0) is 15.1. The largest absolute Gasteiger partial charge is 0.316 e. The van der Waals surface area contributed by atoms with E-state index in [1.54, 1.807) is 0 Å². The van der Waals surface area contributed by atoms with Crippen molar-refractivity contribution in [2.24, 2.45) is 13.0 Å². The Labute approximate surface area is 128 Å². The van der Waals surface area contributed by atoms with Crippen molar-refractivity contribution >= 4 is 0 Å². The molecule has 2 aromatic rings. The van der Waals surface area contributed by atoms with Crippen molar-refractivity contribution in [1.29, 1.82) is 0 Å². The lowest BCUT2D eigenvalue weighted by Crippen LogP contribution is -2.27.